The van der Waals surface area contributed by atoms with Gasteiger partial charge in [-0.05, 0) is 23.3 Å². The average Bonchev–Trinajstić information content (AvgIpc) is 2.52. The standard InChI is InChI=1S/C18H23NO2/c1-14(2)19-12-15-7-6-10-17(11-15)21-13-18(20)16-8-4-3-5-9-16/h3-11,14,18-20H,12-13H2,1-2H3. The average molecular weight is 285 g/mol. The van der Waals surface area contributed by atoms with Gasteiger partial charge in [0.1, 0.15) is 18.5 Å². The van der Waals surface area contributed by atoms with E-state index in [2.05, 4.69) is 25.2 Å². The van der Waals surface area contributed by atoms with Gasteiger partial charge in [0.25, 0.3) is 0 Å². The first-order chi connectivity index (χ1) is 10.1. The van der Waals surface area contributed by atoms with Gasteiger partial charge in [0.15, 0.2) is 0 Å². The van der Waals surface area contributed by atoms with Gasteiger partial charge in [-0.1, -0.05) is 56.3 Å². The number of aliphatic hydroxyl groups is 1. The van der Waals surface area contributed by atoms with Crippen LogP contribution in [0.15, 0.2) is 54.6 Å². The minimum Gasteiger partial charge on any atom is -0.491 e. The maximum absolute atomic E-state index is 10.1. The minimum atomic E-state index is -0.608. The molecule has 3 nitrogen and oxygen atoms in total. The molecule has 112 valence electrons. The Balaban J connectivity index is 1.89. The van der Waals surface area contributed by atoms with E-state index in [1.165, 1.54) is 5.56 Å². The van der Waals surface area contributed by atoms with E-state index in [9.17, 15) is 5.11 Å². The van der Waals surface area contributed by atoms with Crippen molar-refractivity contribution in [2.24, 2.45) is 0 Å². The first kappa shape index (κ1) is 15.5. The van der Waals surface area contributed by atoms with E-state index in [1.807, 2.05) is 48.5 Å². The fourth-order valence-electron chi connectivity index (χ4n) is 2.01. The molecule has 2 N–H and O–H groups in total. The molecule has 0 spiro atoms. The van der Waals surface area contributed by atoms with Crippen LogP contribution in [-0.4, -0.2) is 17.8 Å². The van der Waals surface area contributed by atoms with Gasteiger partial charge in [0.05, 0.1) is 0 Å². The second kappa shape index (κ2) is 7.81. The number of hydrogen-bond donors (Lipinski definition) is 2. The van der Waals surface area contributed by atoms with Crippen molar-refractivity contribution in [3.05, 3.63) is 65.7 Å². The first-order valence-corrected chi connectivity index (χ1v) is 7.33. The molecule has 0 aliphatic rings. The van der Waals surface area contributed by atoms with E-state index in [4.69, 9.17) is 4.74 Å². The molecular formula is C18H23NO2. The number of benzene rings is 2. The highest BCUT2D eigenvalue weighted by Gasteiger charge is 2.08. The Labute approximate surface area is 126 Å². The predicted octanol–water partition coefficient (Wildman–Crippen LogP) is 3.30. The third-order valence-electron chi connectivity index (χ3n) is 3.21. The second-order valence-corrected chi connectivity index (χ2v) is 5.42. The second-order valence-electron chi connectivity index (χ2n) is 5.42. The van der Waals surface area contributed by atoms with Crippen molar-refractivity contribution in [2.45, 2.75) is 32.5 Å². The van der Waals surface area contributed by atoms with Crippen molar-refractivity contribution < 1.29 is 9.84 Å². The number of aliphatic hydroxyl groups excluding tert-OH is 1. The van der Waals surface area contributed by atoms with Crippen molar-refractivity contribution in [3.8, 4) is 5.75 Å². The monoisotopic (exact) mass is 285 g/mol. The minimum absolute atomic E-state index is 0.255. The maximum Gasteiger partial charge on any atom is 0.119 e. The Kier molecular flexibility index (Phi) is 5.78. The summed E-state index contributed by atoms with van der Waals surface area (Å²) in [6.07, 6.45) is -0.608. The van der Waals surface area contributed by atoms with Crippen LogP contribution in [0.25, 0.3) is 0 Å². The number of rotatable bonds is 7. The van der Waals surface area contributed by atoms with E-state index in [0.717, 1.165) is 17.9 Å². The summed E-state index contributed by atoms with van der Waals surface area (Å²) in [4.78, 5) is 0. The zero-order chi connectivity index (χ0) is 15.1. The van der Waals surface area contributed by atoms with Crippen molar-refractivity contribution in [2.75, 3.05) is 6.61 Å². The van der Waals surface area contributed by atoms with Crippen LogP contribution in [0.1, 0.15) is 31.1 Å². The molecule has 1 atom stereocenters. The fourth-order valence-corrected chi connectivity index (χ4v) is 2.01. The molecule has 0 aliphatic carbocycles. The summed E-state index contributed by atoms with van der Waals surface area (Å²) in [5.41, 5.74) is 2.05. The molecule has 0 bridgehead atoms. The zero-order valence-electron chi connectivity index (χ0n) is 12.6. The number of hydrogen-bond acceptors (Lipinski definition) is 3. The van der Waals surface area contributed by atoms with Crippen LogP contribution in [0.4, 0.5) is 0 Å². The van der Waals surface area contributed by atoms with Gasteiger partial charge < -0.3 is 15.2 Å². The summed E-state index contributed by atoms with van der Waals surface area (Å²) in [6, 6.07) is 18.0. The van der Waals surface area contributed by atoms with Crippen molar-refractivity contribution in [1.29, 1.82) is 0 Å². The van der Waals surface area contributed by atoms with Gasteiger partial charge in [-0.15, -0.1) is 0 Å². The van der Waals surface area contributed by atoms with Crippen LogP contribution in [0.3, 0.4) is 0 Å². The van der Waals surface area contributed by atoms with Gasteiger partial charge in [-0.25, -0.2) is 0 Å². The third-order valence-corrected chi connectivity index (χ3v) is 3.21. The summed E-state index contributed by atoms with van der Waals surface area (Å²) in [7, 11) is 0. The SMILES string of the molecule is CC(C)NCc1cccc(OCC(O)c2ccccc2)c1. The summed E-state index contributed by atoms with van der Waals surface area (Å²) in [5.74, 6) is 0.785. The highest BCUT2D eigenvalue weighted by Crippen LogP contribution is 2.17. The lowest BCUT2D eigenvalue weighted by molar-refractivity contribution is 0.108. The lowest BCUT2D eigenvalue weighted by atomic mass is 10.1. The Bertz CT molecular complexity index is 540. The molecule has 0 fully saturated rings. The zero-order valence-corrected chi connectivity index (χ0v) is 12.6. The molecule has 2 rings (SSSR count). The first-order valence-electron chi connectivity index (χ1n) is 7.33. The largest absolute Gasteiger partial charge is 0.491 e. The van der Waals surface area contributed by atoms with E-state index in [1.54, 1.807) is 0 Å². The fraction of sp³-hybridized carbons (Fsp3) is 0.333. The molecule has 0 heterocycles. The molecule has 2 aromatic rings. The highest BCUT2D eigenvalue weighted by molar-refractivity contribution is 5.28. The number of ether oxygens (including phenoxy) is 1. The molecule has 0 saturated carbocycles. The topological polar surface area (TPSA) is 41.5 Å². The van der Waals surface area contributed by atoms with Crippen LogP contribution in [0.2, 0.25) is 0 Å². The van der Waals surface area contributed by atoms with Crippen LogP contribution in [-0.2, 0) is 6.54 Å². The maximum atomic E-state index is 10.1. The molecule has 0 aromatic heterocycles. The Hall–Kier alpha value is -1.84. The van der Waals surface area contributed by atoms with Crippen molar-refractivity contribution in [1.82, 2.24) is 5.32 Å². The molecule has 0 aliphatic heterocycles. The van der Waals surface area contributed by atoms with Crippen molar-refractivity contribution in [3.63, 3.8) is 0 Å². The van der Waals surface area contributed by atoms with Gasteiger partial charge in [0, 0.05) is 12.6 Å². The van der Waals surface area contributed by atoms with Gasteiger partial charge in [-0.3, -0.25) is 0 Å². The van der Waals surface area contributed by atoms with Crippen LogP contribution < -0.4 is 10.1 Å². The summed E-state index contributed by atoms with van der Waals surface area (Å²) >= 11 is 0. The quantitative estimate of drug-likeness (QED) is 0.820. The molecule has 0 saturated heterocycles. The predicted molar refractivity (Wildman–Crippen MR) is 85.3 cm³/mol. The van der Waals surface area contributed by atoms with Crippen LogP contribution in [0.5, 0.6) is 5.75 Å². The molecular weight excluding hydrogens is 262 g/mol. The lowest BCUT2D eigenvalue weighted by Gasteiger charge is -2.14. The summed E-state index contributed by atoms with van der Waals surface area (Å²) in [5, 5.41) is 13.5. The van der Waals surface area contributed by atoms with E-state index in [-0.39, 0.29) is 6.61 Å². The molecule has 3 heteroatoms. The molecule has 0 radical (unpaired) electrons. The van der Waals surface area contributed by atoms with Gasteiger partial charge in [-0.2, -0.15) is 0 Å². The van der Waals surface area contributed by atoms with Crippen molar-refractivity contribution >= 4 is 0 Å². The summed E-state index contributed by atoms with van der Waals surface area (Å²) < 4.78 is 5.69. The van der Waals surface area contributed by atoms with Crippen LogP contribution in [0, 0.1) is 0 Å². The Morgan fingerprint density at radius 1 is 1.05 bits per heavy atom. The van der Waals surface area contributed by atoms with E-state index >= 15 is 0 Å². The van der Waals surface area contributed by atoms with E-state index < -0.39 is 6.10 Å². The van der Waals surface area contributed by atoms with Gasteiger partial charge >= 0.3 is 0 Å². The highest BCUT2D eigenvalue weighted by atomic mass is 16.5. The lowest BCUT2D eigenvalue weighted by Crippen LogP contribution is -2.21. The van der Waals surface area contributed by atoms with Gasteiger partial charge in [0.2, 0.25) is 0 Å². The van der Waals surface area contributed by atoms with E-state index in [0.29, 0.717) is 6.04 Å². The number of nitrogens with one attached hydrogen (secondary N) is 1. The summed E-state index contributed by atoms with van der Waals surface area (Å²) in [6.45, 7) is 5.31. The smallest absolute Gasteiger partial charge is 0.119 e. The molecule has 1 unspecified atom stereocenters. The molecule has 21 heavy (non-hydrogen) atoms. The molecule has 0 amide bonds. The van der Waals surface area contributed by atoms with Crippen LogP contribution >= 0.6 is 0 Å². The molecule has 2 aromatic carbocycles. The third kappa shape index (κ3) is 5.21. The Morgan fingerprint density at radius 3 is 2.52 bits per heavy atom. The normalized spacial score (nSPS) is 12.4. The Morgan fingerprint density at radius 2 is 1.81 bits per heavy atom.